The van der Waals surface area contributed by atoms with Crippen molar-refractivity contribution in [1.29, 1.82) is 0 Å². The molecule has 1 aromatic rings. The number of carbonyl (C=O) groups excluding carboxylic acids is 2. The minimum Gasteiger partial charge on any atom is -0.493 e. The van der Waals surface area contributed by atoms with E-state index in [4.69, 9.17) is 15.2 Å². The molecule has 0 spiro atoms. The Kier molecular flexibility index (Phi) is 6.21. The Morgan fingerprint density at radius 2 is 1.67 bits per heavy atom. The lowest BCUT2D eigenvalue weighted by atomic mass is 9.85. The van der Waals surface area contributed by atoms with Crippen molar-refractivity contribution in [2.75, 3.05) is 40.4 Å². The van der Waals surface area contributed by atoms with Crippen LogP contribution in [0.4, 0.5) is 0 Å². The first kappa shape index (κ1) is 19.5. The van der Waals surface area contributed by atoms with Gasteiger partial charge in [0.15, 0.2) is 11.5 Å². The van der Waals surface area contributed by atoms with Crippen LogP contribution >= 0.6 is 0 Å². The molecule has 2 N–H and O–H groups in total. The Bertz CT molecular complexity index is 686. The summed E-state index contributed by atoms with van der Waals surface area (Å²) in [7, 11) is 3.11. The number of rotatable bonds is 4. The monoisotopic (exact) mass is 375 g/mol. The van der Waals surface area contributed by atoms with Crippen LogP contribution in [0.5, 0.6) is 11.5 Å². The lowest BCUT2D eigenvalue weighted by Crippen LogP contribution is -2.52. The van der Waals surface area contributed by atoms with Crippen LogP contribution in [0.15, 0.2) is 18.2 Å². The van der Waals surface area contributed by atoms with Gasteiger partial charge in [-0.1, -0.05) is 6.42 Å². The molecule has 2 aliphatic rings. The summed E-state index contributed by atoms with van der Waals surface area (Å²) < 4.78 is 10.5. The van der Waals surface area contributed by atoms with Crippen molar-refractivity contribution in [2.45, 2.75) is 31.7 Å². The van der Waals surface area contributed by atoms with Gasteiger partial charge in [0, 0.05) is 43.7 Å². The molecule has 1 aromatic carbocycles. The number of hydrogen-bond acceptors (Lipinski definition) is 5. The van der Waals surface area contributed by atoms with E-state index in [0.29, 0.717) is 43.2 Å². The van der Waals surface area contributed by atoms with Gasteiger partial charge in [-0.3, -0.25) is 9.59 Å². The molecule has 1 heterocycles. The van der Waals surface area contributed by atoms with E-state index in [1.165, 1.54) is 0 Å². The Balaban J connectivity index is 1.58. The summed E-state index contributed by atoms with van der Waals surface area (Å²) >= 11 is 0. The summed E-state index contributed by atoms with van der Waals surface area (Å²) in [5.41, 5.74) is 6.58. The molecule has 2 amide bonds. The molecular weight excluding hydrogens is 346 g/mol. The van der Waals surface area contributed by atoms with Crippen LogP contribution in [0, 0.1) is 5.92 Å². The van der Waals surface area contributed by atoms with Gasteiger partial charge in [-0.15, -0.1) is 0 Å². The van der Waals surface area contributed by atoms with Crippen LogP contribution in [0.1, 0.15) is 36.0 Å². The van der Waals surface area contributed by atoms with Crippen LogP contribution in [0.25, 0.3) is 0 Å². The maximum atomic E-state index is 12.8. The molecule has 1 aliphatic heterocycles. The van der Waals surface area contributed by atoms with Crippen molar-refractivity contribution in [3.8, 4) is 11.5 Å². The largest absolute Gasteiger partial charge is 0.493 e. The summed E-state index contributed by atoms with van der Waals surface area (Å²) in [6.07, 6.45) is 3.74. The van der Waals surface area contributed by atoms with E-state index in [0.717, 1.165) is 25.7 Å². The van der Waals surface area contributed by atoms with Crippen LogP contribution in [-0.2, 0) is 4.79 Å². The Morgan fingerprint density at radius 1 is 1.00 bits per heavy atom. The number of benzene rings is 1. The van der Waals surface area contributed by atoms with Crippen molar-refractivity contribution in [1.82, 2.24) is 9.80 Å². The Morgan fingerprint density at radius 3 is 2.30 bits per heavy atom. The number of amides is 2. The highest BCUT2D eigenvalue weighted by molar-refractivity contribution is 5.95. The van der Waals surface area contributed by atoms with Crippen LogP contribution in [-0.4, -0.2) is 68.1 Å². The maximum absolute atomic E-state index is 12.8. The summed E-state index contributed by atoms with van der Waals surface area (Å²) in [4.78, 5) is 29.2. The molecule has 1 saturated carbocycles. The van der Waals surface area contributed by atoms with E-state index in [2.05, 4.69) is 0 Å². The van der Waals surface area contributed by atoms with Crippen molar-refractivity contribution in [3.63, 3.8) is 0 Å². The SMILES string of the molecule is COc1ccc(C(=O)N2CCN(C(=O)C3CCCC(N)C3)CC2)cc1OC. The summed E-state index contributed by atoms with van der Waals surface area (Å²) in [5, 5.41) is 0. The molecule has 0 bridgehead atoms. The average Bonchev–Trinajstić information content (AvgIpc) is 2.72. The second-order valence-corrected chi connectivity index (χ2v) is 7.31. The molecule has 1 saturated heterocycles. The van der Waals surface area contributed by atoms with Gasteiger partial charge >= 0.3 is 0 Å². The van der Waals surface area contributed by atoms with Gasteiger partial charge in [-0.25, -0.2) is 0 Å². The van der Waals surface area contributed by atoms with Crippen molar-refractivity contribution >= 4 is 11.8 Å². The fourth-order valence-electron chi connectivity index (χ4n) is 3.99. The fraction of sp³-hybridized carbons (Fsp3) is 0.600. The van der Waals surface area contributed by atoms with Crippen molar-refractivity contribution in [2.24, 2.45) is 11.7 Å². The number of ether oxygens (including phenoxy) is 2. The Hall–Kier alpha value is -2.28. The minimum atomic E-state index is -0.0530. The molecule has 2 fully saturated rings. The van der Waals surface area contributed by atoms with E-state index >= 15 is 0 Å². The van der Waals surface area contributed by atoms with Gasteiger partial charge in [-0.05, 0) is 37.5 Å². The molecule has 7 heteroatoms. The number of methoxy groups -OCH3 is 2. The molecule has 2 atom stereocenters. The van der Waals surface area contributed by atoms with Gasteiger partial charge in [0.1, 0.15) is 0 Å². The topological polar surface area (TPSA) is 85.1 Å². The number of hydrogen-bond donors (Lipinski definition) is 1. The van der Waals surface area contributed by atoms with Crippen molar-refractivity contribution < 1.29 is 19.1 Å². The number of nitrogens with two attached hydrogens (primary N) is 1. The molecule has 27 heavy (non-hydrogen) atoms. The van der Waals surface area contributed by atoms with Gasteiger partial charge in [0.2, 0.25) is 5.91 Å². The predicted octanol–water partition coefficient (Wildman–Crippen LogP) is 1.51. The standard InChI is InChI=1S/C20H29N3O4/c1-26-17-7-6-15(13-18(17)27-2)20(25)23-10-8-22(9-11-23)19(24)14-4-3-5-16(21)12-14/h6-7,13-14,16H,3-5,8-12,21H2,1-2H3. The third-order valence-electron chi connectivity index (χ3n) is 5.57. The van der Waals surface area contributed by atoms with E-state index < -0.39 is 0 Å². The van der Waals surface area contributed by atoms with E-state index in [-0.39, 0.29) is 23.8 Å². The second kappa shape index (κ2) is 8.61. The first-order chi connectivity index (χ1) is 13.0. The third-order valence-corrected chi connectivity index (χ3v) is 5.57. The van der Waals surface area contributed by atoms with Crippen LogP contribution in [0.3, 0.4) is 0 Å². The zero-order valence-electron chi connectivity index (χ0n) is 16.1. The molecule has 2 unspecified atom stereocenters. The maximum Gasteiger partial charge on any atom is 0.254 e. The zero-order valence-corrected chi connectivity index (χ0v) is 16.1. The third kappa shape index (κ3) is 4.35. The molecule has 0 radical (unpaired) electrons. The number of carbonyl (C=O) groups is 2. The van der Waals surface area contributed by atoms with E-state index in [1.807, 2.05) is 4.90 Å². The van der Waals surface area contributed by atoms with Gasteiger partial charge in [-0.2, -0.15) is 0 Å². The first-order valence-corrected chi connectivity index (χ1v) is 9.59. The molecule has 3 rings (SSSR count). The highest BCUT2D eigenvalue weighted by atomic mass is 16.5. The highest BCUT2D eigenvalue weighted by Crippen LogP contribution is 2.29. The highest BCUT2D eigenvalue weighted by Gasteiger charge is 2.31. The lowest BCUT2D eigenvalue weighted by Gasteiger charge is -2.37. The van der Waals surface area contributed by atoms with Gasteiger partial charge < -0.3 is 25.0 Å². The van der Waals surface area contributed by atoms with Gasteiger partial charge in [0.25, 0.3) is 5.91 Å². The van der Waals surface area contributed by atoms with E-state index in [9.17, 15) is 9.59 Å². The molecular formula is C20H29N3O4. The number of nitrogens with zero attached hydrogens (tertiary/aromatic N) is 2. The van der Waals surface area contributed by atoms with Gasteiger partial charge in [0.05, 0.1) is 14.2 Å². The summed E-state index contributed by atoms with van der Waals surface area (Å²) in [5.74, 6) is 1.31. The second-order valence-electron chi connectivity index (χ2n) is 7.31. The quantitative estimate of drug-likeness (QED) is 0.862. The van der Waals surface area contributed by atoms with Crippen LogP contribution < -0.4 is 15.2 Å². The van der Waals surface area contributed by atoms with Crippen molar-refractivity contribution in [3.05, 3.63) is 23.8 Å². The average molecular weight is 375 g/mol. The fourth-order valence-corrected chi connectivity index (χ4v) is 3.99. The molecule has 148 valence electrons. The predicted molar refractivity (Wildman–Crippen MR) is 102 cm³/mol. The summed E-state index contributed by atoms with van der Waals surface area (Å²) in [6.45, 7) is 2.22. The minimum absolute atomic E-state index is 0.0434. The van der Waals surface area contributed by atoms with E-state index in [1.54, 1.807) is 37.3 Å². The smallest absolute Gasteiger partial charge is 0.254 e. The summed E-state index contributed by atoms with van der Waals surface area (Å²) in [6, 6.07) is 5.31. The molecule has 7 nitrogen and oxygen atoms in total. The number of piperazine rings is 1. The first-order valence-electron chi connectivity index (χ1n) is 9.59. The molecule has 0 aromatic heterocycles. The lowest BCUT2D eigenvalue weighted by molar-refractivity contribution is -0.138. The zero-order chi connectivity index (χ0) is 19.4. The Labute approximate surface area is 160 Å². The molecule has 1 aliphatic carbocycles. The van der Waals surface area contributed by atoms with Crippen LogP contribution in [0.2, 0.25) is 0 Å². The normalized spacial score (nSPS) is 23.1.